The fourth-order valence-electron chi connectivity index (χ4n) is 1.26. The monoisotopic (exact) mass is 267 g/mol. The zero-order chi connectivity index (χ0) is 13.4. The van der Waals surface area contributed by atoms with Crippen LogP contribution < -0.4 is 0 Å². The number of ether oxygens (including phenoxy) is 1. The summed E-state index contributed by atoms with van der Waals surface area (Å²) >= 11 is 5.92. The van der Waals surface area contributed by atoms with Crippen molar-refractivity contribution in [3.05, 3.63) is 41.6 Å². The molecule has 18 heavy (non-hydrogen) atoms. The number of hydrogen-bond acceptors (Lipinski definition) is 3. The molecule has 1 aromatic heterocycles. The van der Waals surface area contributed by atoms with E-state index in [0.29, 0.717) is 6.61 Å². The van der Waals surface area contributed by atoms with Gasteiger partial charge >= 0.3 is 5.97 Å². The Kier molecular flexibility index (Phi) is 6.11. The van der Waals surface area contributed by atoms with Gasteiger partial charge in [-0.25, -0.2) is 4.79 Å². The summed E-state index contributed by atoms with van der Waals surface area (Å²) < 4.78 is 4.50. The van der Waals surface area contributed by atoms with Gasteiger partial charge in [-0.05, 0) is 31.2 Å². The van der Waals surface area contributed by atoms with E-state index in [1.165, 1.54) is 0 Å². The normalized spacial score (nSPS) is 9.67. The average Bonchev–Trinajstić information content (AvgIpc) is 2.38. The zero-order valence-corrected chi connectivity index (χ0v) is 10.7. The number of carboxylic acid groups (broad SMARTS) is 1. The van der Waals surface area contributed by atoms with E-state index in [4.69, 9.17) is 16.7 Å². The van der Waals surface area contributed by atoms with Crippen LogP contribution >= 0.6 is 11.6 Å². The third-order valence-corrected chi connectivity index (χ3v) is 2.35. The van der Waals surface area contributed by atoms with Gasteiger partial charge in [-0.15, -0.1) is 0 Å². The highest BCUT2D eigenvalue weighted by Gasteiger charge is 1.95. The van der Waals surface area contributed by atoms with Gasteiger partial charge in [0, 0.05) is 23.2 Å². The molecule has 96 valence electrons. The molecule has 1 N–H and O–H groups in total. The van der Waals surface area contributed by atoms with Crippen LogP contribution in [0.3, 0.4) is 0 Å². The molecule has 1 heterocycles. The number of aromatic nitrogens is 1. The Morgan fingerprint density at radius 2 is 2.17 bits per heavy atom. The summed E-state index contributed by atoms with van der Waals surface area (Å²) in [7, 11) is 0. The molecule has 0 saturated heterocycles. The fourth-order valence-corrected chi connectivity index (χ4v) is 1.49. The highest BCUT2D eigenvalue weighted by molar-refractivity contribution is 6.35. The summed E-state index contributed by atoms with van der Waals surface area (Å²) in [6.45, 7) is 2.03. The second-order valence-electron chi connectivity index (χ2n) is 3.34. The van der Waals surface area contributed by atoms with Crippen molar-refractivity contribution >= 4 is 28.5 Å². The molecule has 2 aromatic rings. The molecule has 5 heteroatoms. The molecule has 0 saturated carbocycles. The van der Waals surface area contributed by atoms with Crippen molar-refractivity contribution in [1.82, 2.24) is 4.98 Å². The number of carboxylic acids is 1. The molecule has 2 rings (SSSR count). The lowest BCUT2D eigenvalue weighted by Crippen LogP contribution is -2.05. The summed E-state index contributed by atoms with van der Waals surface area (Å²) in [5, 5.41) is 9.69. The Hall–Kier alpha value is -1.65. The van der Waals surface area contributed by atoms with Crippen molar-refractivity contribution in [1.29, 1.82) is 0 Å². The average molecular weight is 268 g/mol. The van der Waals surface area contributed by atoms with Crippen LogP contribution in [0, 0.1) is 0 Å². The topological polar surface area (TPSA) is 59.4 Å². The Balaban J connectivity index is 0.000000203. The summed E-state index contributed by atoms with van der Waals surface area (Å²) in [5.74, 6) is -0.915. The van der Waals surface area contributed by atoms with Crippen LogP contribution in [0.15, 0.2) is 36.5 Å². The van der Waals surface area contributed by atoms with Crippen molar-refractivity contribution in [2.24, 2.45) is 0 Å². The lowest BCUT2D eigenvalue weighted by Gasteiger charge is -1.96. The maximum absolute atomic E-state index is 9.63. The first kappa shape index (κ1) is 14.4. The minimum Gasteiger partial charge on any atom is -0.480 e. The quantitative estimate of drug-likeness (QED) is 0.929. The van der Waals surface area contributed by atoms with Crippen molar-refractivity contribution in [3.63, 3.8) is 0 Å². The Morgan fingerprint density at radius 1 is 1.39 bits per heavy atom. The number of pyridine rings is 1. The minimum atomic E-state index is -0.915. The number of halogens is 1. The predicted molar refractivity (Wildman–Crippen MR) is 70.9 cm³/mol. The van der Waals surface area contributed by atoms with Crippen LogP contribution in [-0.4, -0.2) is 29.3 Å². The number of hydrogen-bond donors (Lipinski definition) is 1. The van der Waals surface area contributed by atoms with E-state index in [1.807, 2.05) is 30.3 Å². The van der Waals surface area contributed by atoms with Crippen molar-refractivity contribution in [2.45, 2.75) is 6.92 Å². The maximum Gasteiger partial charge on any atom is 0.329 e. The third-order valence-electron chi connectivity index (χ3n) is 2.02. The van der Waals surface area contributed by atoms with Crippen molar-refractivity contribution < 1.29 is 14.6 Å². The molecule has 0 spiro atoms. The molecule has 0 unspecified atom stereocenters. The second kappa shape index (κ2) is 7.63. The summed E-state index contributed by atoms with van der Waals surface area (Å²) in [5.41, 5.74) is 0.944. The van der Waals surface area contributed by atoms with Gasteiger partial charge in [0.2, 0.25) is 0 Å². The lowest BCUT2D eigenvalue weighted by molar-refractivity contribution is -0.142. The molecule has 0 bridgehead atoms. The van der Waals surface area contributed by atoms with E-state index in [9.17, 15) is 4.79 Å². The molecule has 4 nitrogen and oxygen atoms in total. The van der Waals surface area contributed by atoms with E-state index >= 15 is 0 Å². The standard InChI is InChI=1S/C9H6ClN.C4H8O3/c10-8-4-1-5-9-7(8)3-2-6-11-9;1-2-7-3-4(5)6/h1-6H;2-3H2,1H3,(H,5,6). The number of nitrogens with zero attached hydrogens (tertiary/aromatic N) is 1. The number of carbonyl (C=O) groups is 1. The molecular weight excluding hydrogens is 254 g/mol. The highest BCUT2D eigenvalue weighted by atomic mass is 35.5. The molecule has 0 aliphatic heterocycles. The Labute approximate surface area is 110 Å². The van der Waals surface area contributed by atoms with E-state index in [1.54, 1.807) is 13.1 Å². The highest BCUT2D eigenvalue weighted by Crippen LogP contribution is 2.20. The minimum absolute atomic E-state index is 0.184. The zero-order valence-electron chi connectivity index (χ0n) is 9.97. The molecule has 0 radical (unpaired) electrons. The van der Waals surface area contributed by atoms with E-state index in [-0.39, 0.29) is 6.61 Å². The first-order valence-corrected chi connectivity index (χ1v) is 5.81. The molecule has 0 fully saturated rings. The number of benzene rings is 1. The molecule has 0 aliphatic carbocycles. The Bertz CT molecular complexity index is 511. The molecule has 0 amide bonds. The molecule has 0 aliphatic rings. The first-order valence-electron chi connectivity index (χ1n) is 5.44. The number of aliphatic carboxylic acids is 1. The van der Waals surface area contributed by atoms with E-state index < -0.39 is 5.97 Å². The Morgan fingerprint density at radius 3 is 2.72 bits per heavy atom. The van der Waals surface area contributed by atoms with Gasteiger partial charge in [-0.3, -0.25) is 4.98 Å². The van der Waals surface area contributed by atoms with Crippen molar-refractivity contribution in [2.75, 3.05) is 13.2 Å². The van der Waals surface area contributed by atoms with Gasteiger partial charge in [0.25, 0.3) is 0 Å². The maximum atomic E-state index is 9.63. The lowest BCUT2D eigenvalue weighted by atomic mass is 10.2. The van der Waals surface area contributed by atoms with Gasteiger partial charge in [0.15, 0.2) is 0 Å². The van der Waals surface area contributed by atoms with Crippen LogP contribution in [0.5, 0.6) is 0 Å². The second-order valence-corrected chi connectivity index (χ2v) is 3.75. The number of rotatable bonds is 3. The summed E-state index contributed by atoms with van der Waals surface area (Å²) in [6.07, 6.45) is 1.76. The SMILES string of the molecule is CCOCC(=O)O.Clc1cccc2ncccc12. The van der Waals surface area contributed by atoms with Crippen LogP contribution in [0.4, 0.5) is 0 Å². The summed E-state index contributed by atoms with van der Waals surface area (Å²) in [6, 6.07) is 9.56. The summed E-state index contributed by atoms with van der Waals surface area (Å²) in [4.78, 5) is 13.8. The van der Waals surface area contributed by atoms with Gasteiger partial charge in [0.05, 0.1) is 5.52 Å². The first-order chi connectivity index (χ1) is 8.65. The van der Waals surface area contributed by atoms with E-state index in [2.05, 4.69) is 9.72 Å². The van der Waals surface area contributed by atoms with Crippen LogP contribution in [0.25, 0.3) is 10.9 Å². The van der Waals surface area contributed by atoms with Crippen molar-refractivity contribution in [3.8, 4) is 0 Å². The number of fused-ring (bicyclic) bond motifs is 1. The van der Waals surface area contributed by atoms with Crippen LogP contribution in [-0.2, 0) is 9.53 Å². The molecule has 0 atom stereocenters. The predicted octanol–water partition coefficient (Wildman–Crippen LogP) is 3.00. The smallest absolute Gasteiger partial charge is 0.329 e. The van der Waals surface area contributed by atoms with E-state index in [0.717, 1.165) is 15.9 Å². The van der Waals surface area contributed by atoms with Gasteiger partial charge in [0.1, 0.15) is 6.61 Å². The van der Waals surface area contributed by atoms with Crippen LogP contribution in [0.1, 0.15) is 6.92 Å². The molecular formula is C13H14ClNO3. The van der Waals surface area contributed by atoms with Gasteiger partial charge < -0.3 is 9.84 Å². The van der Waals surface area contributed by atoms with Gasteiger partial charge in [-0.2, -0.15) is 0 Å². The fraction of sp³-hybridized carbons (Fsp3) is 0.231. The third kappa shape index (κ3) is 4.69. The molecule has 1 aromatic carbocycles. The largest absolute Gasteiger partial charge is 0.480 e. The van der Waals surface area contributed by atoms with Crippen LogP contribution in [0.2, 0.25) is 5.02 Å². The van der Waals surface area contributed by atoms with Gasteiger partial charge in [-0.1, -0.05) is 17.7 Å².